The van der Waals surface area contributed by atoms with Crippen LogP contribution >= 0.6 is 0 Å². The van der Waals surface area contributed by atoms with E-state index in [1.165, 1.54) is 7.11 Å². The fourth-order valence-electron chi connectivity index (χ4n) is 3.01. The highest BCUT2D eigenvalue weighted by Gasteiger charge is 2.25. The Morgan fingerprint density at radius 1 is 1.23 bits per heavy atom. The Morgan fingerprint density at radius 2 is 2.04 bits per heavy atom. The van der Waals surface area contributed by atoms with Crippen LogP contribution in [0.4, 0.5) is 4.79 Å². The van der Waals surface area contributed by atoms with Gasteiger partial charge in [-0.3, -0.25) is 4.79 Å². The second kappa shape index (κ2) is 8.46. The van der Waals surface area contributed by atoms with E-state index in [1.54, 1.807) is 0 Å². The van der Waals surface area contributed by atoms with Gasteiger partial charge in [0.15, 0.2) is 5.82 Å². The first-order valence-electron chi connectivity index (χ1n) is 8.60. The number of nitrogens with zero attached hydrogens (tertiary/aromatic N) is 3. The van der Waals surface area contributed by atoms with E-state index in [0.717, 1.165) is 11.4 Å². The average Bonchev–Trinajstić information content (AvgIpc) is 2.94. The Morgan fingerprint density at radius 3 is 2.81 bits per heavy atom. The second-order valence-corrected chi connectivity index (χ2v) is 6.15. The molecule has 1 amide bonds. The lowest BCUT2D eigenvalue weighted by molar-refractivity contribution is -0.145. The van der Waals surface area contributed by atoms with Crippen molar-refractivity contribution in [1.29, 1.82) is 0 Å². The van der Waals surface area contributed by atoms with Gasteiger partial charge in [0.2, 0.25) is 0 Å². The fourth-order valence-corrected chi connectivity index (χ4v) is 3.01. The van der Waals surface area contributed by atoms with Crippen LogP contribution in [0.1, 0.15) is 30.1 Å². The molecule has 0 aliphatic carbocycles. The third kappa shape index (κ3) is 4.38. The monoisotopic (exact) mass is 358 g/mol. The summed E-state index contributed by atoms with van der Waals surface area (Å²) in [4.78, 5) is 23.6. The number of fused-ring (bicyclic) bond motifs is 1. The molecule has 2 heterocycles. The van der Waals surface area contributed by atoms with Gasteiger partial charge >= 0.3 is 12.1 Å². The van der Waals surface area contributed by atoms with Crippen molar-refractivity contribution in [2.45, 2.75) is 39.0 Å². The van der Waals surface area contributed by atoms with E-state index in [4.69, 9.17) is 9.47 Å². The fraction of sp³-hybridized carbons (Fsp3) is 0.444. The zero-order valence-electron chi connectivity index (χ0n) is 14.7. The van der Waals surface area contributed by atoms with Crippen molar-refractivity contribution < 1.29 is 19.1 Å². The maximum atomic E-state index is 11.9. The van der Waals surface area contributed by atoms with Crippen molar-refractivity contribution in [3.8, 4) is 0 Å². The average molecular weight is 358 g/mol. The lowest BCUT2D eigenvalue weighted by Crippen LogP contribution is -2.25. The van der Waals surface area contributed by atoms with E-state index < -0.39 is 6.09 Å². The predicted molar refractivity (Wildman–Crippen MR) is 91.9 cm³/mol. The van der Waals surface area contributed by atoms with Crippen LogP contribution in [-0.4, -0.2) is 33.9 Å². The van der Waals surface area contributed by atoms with E-state index in [0.29, 0.717) is 31.6 Å². The van der Waals surface area contributed by atoms with Crippen molar-refractivity contribution in [2.75, 3.05) is 7.11 Å². The maximum Gasteiger partial charge on any atom is 0.407 e. The van der Waals surface area contributed by atoms with Crippen molar-refractivity contribution in [2.24, 2.45) is 5.92 Å². The summed E-state index contributed by atoms with van der Waals surface area (Å²) in [5.41, 5.74) is 0.924. The Labute approximate surface area is 151 Å². The molecule has 2 aromatic rings. The van der Waals surface area contributed by atoms with Gasteiger partial charge in [-0.2, -0.15) is 0 Å². The van der Waals surface area contributed by atoms with Crippen LogP contribution < -0.4 is 5.32 Å². The second-order valence-electron chi connectivity index (χ2n) is 6.15. The molecule has 1 unspecified atom stereocenters. The van der Waals surface area contributed by atoms with Gasteiger partial charge in [0.05, 0.1) is 19.6 Å². The van der Waals surface area contributed by atoms with Gasteiger partial charge in [-0.25, -0.2) is 4.79 Å². The number of benzene rings is 1. The van der Waals surface area contributed by atoms with E-state index >= 15 is 0 Å². The molecule has 1 N–H and O–H groups in total. The van der Waals surface area contributed by atoms with Gasteiger partial charge in [0, 0.05) is 13.0 Å². The number of methoxy groups -OCH3 is 1. The van der Waals surface area contributed by atoms with Crippen molar-refractivity contribution in [3.63, 3.8) is 0 Å². The molecule has 26 heavy (non-hydrogen) atoms. The lowest BCUT2D eigenvalue weighted by atomic mass is 10.0. The molecule has 8 nitrogen and oxygen atoms in total. The largest absolute Gasteiger partial charge is 0.469 e. The quantitative estimate of drug-likeness (QED) is 0.820. The number of hydrogen-bond donors (Lipinski definition) is 1. The van der Waals surface area contributed by atoms with Crippen molar-refractivity contribution in [1.82, 2.24) is 20.1 Å². The smallest absolute Gasteiger partial charge is 0.407 e. The molecule has 138 valence electrons. The molecule has 0 radical (unpaired) electrons. The highest BCUT2D eigenvalue weighted by molar-refractivity contribution is 5.72. The molecule has 8 heteroatoms. The molecule has 1 aliphatic heterocycles. The van der Waals surface area contributed by atoms with Crippen LogP contribution in [0, 0.1) is 5.92 Å². The molecule has 0 saturated heterocycles. The normalized spacial score (nSPS) is 16.3. The molecule has 0 bridgehead atoms. The van der Waals surface area contributed by atoms with E-state index in [-0.39, 0.29) is 25.0 Å². The molecule has 1 aliphatic rings. The van der Waals surface area contributed by atoms with Crippen LogP contribution in [0.25, 0.3) is 0 Å². The van der Waals surface area contributed by atoms with Crippen LogP contribution in [0.2, 0.25) is 0 Å². The van der Waals surface area contributed by atoms with Crippen molar-refractivity contribution in [3.05, 3.63) is 47.5 Å². The van der Waals surface area contributed by atoms with Gasteiger partial charge in [-0.05, 0) is 18.4 Å². The molecule has 3 rings (SSSR count). The van der Waals surface area contributed by atoms with E-state index in [9.17, 15) is 9.59 Å². The topological polar surface area (TPSA) is 95.3 Å². The molecule has 1 aromatic heterocycles. The first-order chi connectivity index (χ1) is 12.7. The standard InChI is InChI=1S/C18H22N4O4/c1-25-17(23)14-7-8-15-20-21-16(22(15)10-9-14)11-19-18(24)26-12-13-5-3-2-4-6-13/h2-6,14H,7-12H2,1H3,(H,19,24). The number of amides is 1. The maximum absolute atomic E-state index is 11.9. The summed E-state index contributed by atoms with van der Waals surface area (Å²) >= 11 is 0. The molecule has 0 spiro atoms. The molecule has 1 atom stereocenters. The number of carbonyl (C=O) groups excluding carboxylic acids is 2. The number of nitrogens with one attached hydrogen (secondary N) is 1. The molecule has 0 fully saturated rings. The van der Waals surface area contributed by atoms with Gasteiger partial charge in [0.1, 0.15) is 12.4 Å². The summed E-state index contributed by atoms with van der Waals surface area (Å²) in [7, 11) is 1.41. The minimum Gasteiger partial charge on any atom is -0.469 e. The summed E-state index contributed by atoms with van der Waals surface area (Å²) in [5.74, 6) is 1.17. The van der Waals surface area contributed by atoms with Gasteiger partial charge in [-0.1, -0.05) is 30.3 Å². The minimum absolute atomic E-state index is 0.127. The predicted octanol–water partition coefficient (Wildman–Crippen LogP) is 1.83. The van der Waals surface area contributed by atoms with Gasteiger partial charge < -0.3 is 19.4 Å². The molecule has 1 aromatic carbocycles. The summed E-state index contributed by atoms with van der Waals surface area (Å²) in [6.07, 6.45) is 1.51. The van der Waals surface area contributed by atoms with Crippen LogP contribution in [-0.2, 0) is 40.4 Å². The number of aromatic nitrogens is 3. The number of aryl methyl sites for hydroxylation is 1. The van der Waals surface area contributed by atoms with E-state index in [2.05, 4.69) is 15.5 Å². The third-order valence-electron chi connectivity index (χ3n) is 4.46. The van der Waals surface area contributed by atoms with Crippen LogP contribution in [0.15, 0.2) is 30.3 Å². The van der Waals surface area contributed by atoms with Crippen LogP contribution in [0.3, 0.4) is 0 Å². The number of esters is 1. The zero-order valence-corrected chi connectivity index (χ0v) is 14.7. The van der Waals surface area contributed by atoms with Gasteiger partial charge in [0.25, 0.3) is 0 Å². The summed E-state index contributed by atoms with van der Waals surface area (Å²) in [6.45, 7) is 1.06. The zero-order chi connectivity index (χ0) is 18.4. The number of ether oxygens (including phenoxy) is 2. The molecular formula is C18H22N4O4. The molecular weight excluding hydrogens is 336 g/mol. The lowest BCUT2D eigenvalue weighted by Gasteiger charge is -2.11. The Kier molecular flexibility index (Phi) is 5.83. The Hall–Kier alpha value is -2.90. The highest BCUT2D eigenvalue weighted by Crippen LogP contribution is 2.21. The number of hydrogen-bond acceptors (Lipinski definition) is 6. The first-order valence-corrected chi connectivity index (χ1v) is 8.60. The SMILES string of the molecule is COC(=O)C1CCc2nnc(CNC(=O)OCc3ccccc3)n2CC1. The Bertz CT molecular complexity index is 760. The van der Waals surface area contributed by atoms with Crippen molar-refractivity contribution >= 4 is 12.1 Å². The van der Waals surface area contributed by atoms with Gasteiger partial charge in [-0.15, -0.1) is 10.2 Å². The number of carbonyl (C=O) groups is 2. The van der Waals surface area contributed by atoms with Crippen LogP contribution in [0.5, 0.6) is 0 Å². The number of alkyl carbamates (subject to hydrolysis) is 1. The number of rotatable bonds is 5. The summed E-state index contributed by atoms with van der Waals surface area (Å²) < 4.78 is 12.0. The summed E-state index contributed by atoms with van der Waals surface area (Å²) in [6, 6.07) is 9.48. The highest BCUT2D eigenvalue weighted by atomic mass is 16.5. The third-order valence-corrected chi connectivity index (χ3v) is 4.46. The van der Waals surface area contributed by atoms with E-state index in [1.807, 2.05) is 34.9 Å². The Balaban J connectivity index is 1.51. The minimum atomic E-state index is -0.507. The summed E-state index contributed by atoms with van der Waals surface area (Å²) in [5, 5.41) is 11.0. The molecule has 0 saturated carbocycles. The first kappa shape index (κ1) is 17.9.